The molecule has 1 amide bonds. The van der Waals surface area contributed by atoms with Gasteiger partial charge in [-0.05, 0) is 35.2 Å². The lowest BCUT2D eigenvalue weighted by molar-refractivity contribution is 0.0979. The number of aromatic nitrogens is 3. The fourth-order valence-corrected chi connectivity index (χ4v) is 3.13. The van der Waals surface area contributed by atoms with E-state index in [4.69, 9.17) is 10.5 Å². The zero-order valence-electron chi connectivity index (χ0n) is 12.7. The van der Waals surface area contributed by atoms with Crippen LogP contribution in [0, 0.1) is 0 Å². The summed E-state index contributed by atoms with van der Waals surface area (Å²) in [4.78, 5) is 20.3. The number of ether oxygens (including phenoxy) is 1. The highest BCUT2D eigenvalue weighted by Gasteiger charge is 2.22. The third kappa shape index (κ3) is 2.19. The van der Waals surface area contributed by atoms with Crippen molar-refractivity contribution < 1.29 is 9.53 Å². The second-order valence-corrected chi connectivity index (χ2v) is 5.70. The molecule has 0 bridgehead atoms. The lowest BCUT2D eigenvalue weighted by Crippen LogP contribution is -2.21. The third-order valence-electron chi connectivity index (χ3n) is 4.31. The molecule has 0 saturated carbocycles. The molecule has 3 aromatic rings. The molecule has 0 unspecified atom stereocenters. The molecule has 6 heteroatoms. The van der Waals surface area contributed by atoms with E-state index in [1.54, 1.807) is 12.5 Å². The Labute approximate surface area is 132 Å². The lowest BCUT2D eigenvalue weighted by Gasteiger charge is -2.21. The average Bonchev–Trinajstić information content (AvgIpc) is 2.94. The molecule has 2 N–H and O–H groups in total. The van der Waals surface area contributed by atoms with E-state index >= 15 is 0 Å². The van der Waals surface area contributed by atoms with Crippen LogP contribution in [0.1, 0.15) is 21.6 Å². The number of hydrogen-bond acceptors (Lipinski definition) is 4. The van der Waals surface area contributed by atoms with Crippen molar-refractivity contribution in [2.45, 2.75) is 13.0 Å². The molecule has 0 fully saturated rings. The predicted molar refractivity (Wildman–Crippen MR) is 85.8 cm³/mol. The number of primary amides is 1. The number of benzene rings is 1. The molecule has 1 aliphatic heterocycles. The fraction of sp³-hybridized carbons (Fsp3) is 0.235. The smallest absolute Gasteiger partial charge is 0.267 e. The molecular formula is C17H16N4O2. The van der Waals surface area contributed by atoms with Gasteiger partial charge >= 0.3 is 0 Å². The van der Waals surface area contributed by atoms with Gasteiger partial charge in [-0.2, -0.15) is 0 Å². The van der Waals surface area contributed by atoms with Gasteiger partial charge in [0.15, 0.2) is 0 Å². The summed E-state index contributed by atoms with van der Waals surface area (Å²) < 4.78 is 7.57. The Kier molecular flexibility index (Phi) is 3.12. The molecular weight excluding hydrogens is 292 g/mol. The normalized spacial score (nSPS) is 14.0. The number of imidazole rings is 1. The molecule has 0 radical (unpaired) electrons. The second-order valence-electron chi connectivity index (χ2n) is 5.70. The third-order valence-corrected chi connectivity index (χ3v) is 4.31. The Bertz CT molecular complexity index is 930. The maximum atomic E-state index is 11.6. The summed E-state index contributed by atoms with van der Waals surface area (Å²) >= 11 is 0. The summed E-state index contributed by atoms with van der Waals surface area (Å²) in [6, 6.07) is 6.09. The molecule has 2 aromatic heterocycles. The Morgan fingerprint density at radius 2 is 2.17 bits per heavy atom. The van der Waals surface area contributed by atoms with Crippen LogP contribution in [0.5, 0.6) is 0 Å². The molecule has 6 nitrogen and oxygen atoms in total. The highest BCUT2D eigenvalue weighted by Crippen LogP contribution is 2.32. The summed E-state index contributed by atoms with van der Waals surface area (Å²) in [5.74, 6) is -0.489. The van der Waals surface area contributed by atoms with Crippen LogP contribution in [0.3, 0.4) is 0 Å². The van der Waals surface area contributed by atoms with Crippen LogP contribution in [-0.4, -0.2) is 27.0 Å². The molecule has 116 valence electrons. The topological polar surface area (TPSA) is 83.0 Å². The minimum absolute atomic E-state index is 0.355. The number of fused-ring (bicyclic) bond motifs is 2. The van der Waals surface area contributed by atoms with Crippen molar-refractivity contribution in [2.75, 3.05) is 6.61 Å². The van der Waals surface area contributed by atoms with Crippen LogP contribution in [-0.2, 0) is 24.8 Å². The van der Waals surface area contributed by atoms with E-state index in [2.05, 4.69) is 16.0 Å². The SMILES string of the molecule is Cn1cnc2ccc(-c3cnc(C(N)=O)c4c3COCC4)cc21. The van der Waals surface area contributed by atoms with E-state index in [-0.39, 0.29) is 0 Å². The van der Waals surface area contributed by atoms with Crippen LogP contribution in [0.25, 0.3) is 22.2 Å². The van der Waals surface area contributed by atoms with E-state index < -0.39 is 5.91 Å². The van der Waals surface area contributed by atoms with Gasteiger partial charge in [-0.1, -0.05) is 6.07 Å². The zero-order chi connectivity index (χ0) is 16.0. The molecule has 0 aliphatic carbocycles. The first-order chi connectivity index (χ1) is 11.1. The number of hydrogen-bond donors (Lipinski definition) is 1. The van der Waals surface area contributed by atoms with Gasteiger partial charge in [-0.25, -0.2) is 4.98 Å². The van der Waals surface area contributed by atoms with Crippen LogP contribution in [0.15, 0.2) is 30.7 Å². The largest absolute Gasteiger partial charge is 0.376 e. The monoisotopic (exact) mass is 308 g/mol. The minimum atomic E-state index is -0.489. The Morgan fingerprint density at radius 3 is 3.00 bits per heavy atom. The highest BCUT2D eigenvalue weighted by atomic mass is 16.5. The van der Waals surface area contributed by atoms with Crippen molar-refractivity contribution >= 4 is 16.9 Å². The van der Waals surface area contributed by atoms with Crippen molar-refractivity contribution in [3.8, 4) is 11.1 Å². The molecule has 3 heterocycles. The average molecular weight is 308 g/mol. The summed E-state index contributed by atoms with van der Waals surface area (Å²) in [6.45, 7) is 1.05. The number of amides is 1. The Balaban J connectivity index is 1.93. The summed E-state index contributed by atoms with van der Waals surface area (Å²) in [5, 5.41) is 0. The van der Waals surface area contributed by atoms with Gasteiger partial charge in [0.2, 0.25) is 0 Å². The number of nitrogens with two attached hydrogens (primary N) is 1. The molecule has 1 aliphatic rings. The summed E-state index contributed by atoms with van der Waals surface area (Å²) in [5.41, 5.74) is 11.7. The van der Waals surface area contributed by atoms with Crippen LogP contribution in [0.2, 0.25) is 0 Å². The van der Waals surface area contributed by atoms with Crippen molar-refractivity contribution in [1.29, 1.82) is 0 Å². The zero-order valence-corrected chi connectivity index (χ0v) is 12.7. The minimum Gasteiger partial charge on any atom is -0.376 e. The highest BCUT2D eigenvalue weighted by molar-refractivity contribution is 5.94. The number of nitrogens with zero attached hydrogens (tertiary/aromatic N) is 3. The molecule has 4 rings (SSSR count). The van der Waals surface area contributed by atoms with Gasteiger partial charge in [0.25, 0.3) is 5.91 Å². The van der Waals surface area contributed by atoms with Crippen molar-refractivity contribution in [3.63, 3.8) is 0 Å². The Hall–Kier alpha value is -2.73. The Morgan fingerprint density at radius 1 is 1.30 bits per heavy atom. The van der Waals surface area contributed by atoms with E-state index in [1.165, 1.54) is 0 Å². The van der Waals surface area contributed by atoms with Gasteiger partial charge < -0.3 is 15.0 Å². The van der Waals surface area contributed by atoms with Crippen LogP contribution < -0.4 is 5.73 Å². The molecule has 1 aromatic carbocycles. The predicted octanol–water partition coefficient (Wildman–Crippen LogP) is 1.81. The molecule has 0 spiro atoms. The lowest BCUT2D eigenvalue weighted by atomic mass is 9.93. The number of pyridine rings is 1. The maximum absolute atomic E-state index is 11.6. The number of rotatable bonds is 2. The van der Waals surface area contributed by atoms with Crippen molar-refractivity contribution in [3.05, 3.63) is 47.5 Å². The molecule has 0 saturated heterocycles. The summed E-state index contributed by atoms with van der Waals surface area (Å²) in [6.07, 6.45) is 4.16. The fourth-order valence-electron chi connectivity index (χ4n) is 3.13. The van der Waals surface area contributed by atoms with Crippen LogP contribution in [0.4, 0.5) is 0 Å². The van der Waals surface area contributed by atoms with Gasteiger partial charge in [0.05, 0.1) is 30.6 Å². The first-order valence-electron chi connectivity index (χ1n) is 7.45. The van der Waals surface area contributed by atoms with Crippen LogP contribution >= 0.6 is 0 Å². The van der Waals surface area contributed by atoms with Gasteiger partial charge in [0, 0.05) is 18.8 Å². The van der Waals surface area contributed by atoms with Gasteiger partial charge in [0.1, 0.15) is 5.69 Å². The van der Waals surface area contributed by atoms with Crippen molar-refractivity contribution in [2.24, 2.45) is 12.8 Å². The molecule has 0 atom stereocenters. The standard InChI is InChI=1S/C17H16N4O2/c1-21-9-20-14-3-2-10(6-15(14)21)12-7-19-16(17(18)22)11-4-5-23-8-13(11)12/h2-3,6-7,9H,4-5,8H2,1H3,(H2,18,22). The van der Waals surface area contributed by atoms with Crippen molar-refractivity contribution in [1.82, 2.24) is 14.5 Å². The second kappa shape index (κ2) is 5.17. The first-order valence-corrected chi connectivity index (χ1v) is 7.45. The van der Waals surface area contributed by atoms with Gasteiger partial charge in [-0.3, -0.25) is 9.78 Å². The molecule has 23 heavy (non-hydrogen) atoms. The van der Waals surface area contributed by atoms with E-state index in [1.807, 2.05) is 23.7 Å². The van der Waals surface area contributed by atoms with Gasteiger partial charge in [-0.15, -0.1) is 0 Å². The number of carbonyl (C=O) groups is 1. The van der Waals surface area contributed by atoms with E-state index in [0.29, 0.717) is 25.3 Å². The number of aryl methyl sites for hydroxylation is 1. The van der Waals surface area contributed by atoms with E-state index in [9.17, 15) is 4.79 Å². The van der Waals surface area contributed by atoms with E-state index in [0.717, 1.165) is 33.3 Å². The maximum Gasteiger partial charge on any atom is 0.267 e. The first kappa shape index (κ1) is 13.9. The number of carbonyl (C=O) groups excluding carboxylic acids is 1. The summed E-state index contributed by atoms with van der Waals surface area (Å²) in [7, 11) is 1.96. The quantitative estimate of drug-likeness (QED) is 0.782.